The van der Waals surface area contributed by atoms with Gasteiger partial charge in [0.1, 0.15) is 17.8 Å². The van der Waals surface area contributed by atoms with Gasteiger partial charge in [-0.25, -0.2) is 4.79 Å². The van der Waals surface area contributed by atoms with Gasteiger partial charge in [0, 0.05) is 25.7 Å². The lowest BCUT2D eigenvalue weighted by Crippen LogP contribution is -2.58. The summed E-state index contributed by atoms with van der Waals surface area (Å²) in [6.45, 7) is 0.297. The Hall–Kier alpha value is -3.86. The molecule has 0 radical (unpaired) electrons. The van der Waals surface area contributed by atoms with E-state index in [1.165, 1.54) is 23.2 Å². The summed E-state index contributed by atoms with van der Waals surface area (Å²) in [5.74, 6) is -0.875. The zero-order valence-corrected chi connectivity index (χ0v) is 20.6. The van der Waals surface area contributed by atoms with Gasteiger partial charge in [0.2, 0.25) is 5.91 Å². The number of halogens is 5. The number of urea groups is 1. The van der Waals surface area contributed by atoms with Crippen LogP contribution in [0.5, 0.6) is 5.75 Å². The molecule has 1 fully saturated rings. The highest BCUT2D eigenvalue weighted by Crippen LogP contribution is 2.36. The number of hydrogen-bond donors (Lipinski definition) is 2. The van der Waals surface area contributed by atoms with Gasteiger partial charge in [0.05, 0.1) is 10.7 Å². The minimum absolute atomic E-state index is 0.0863. The van der Waals surface area contributed by atoms with Crippen LogP contribution in [-0.2, 0) is 16.8 Å². The van der Waals surface area contributed by atoms with Gasteiger partial charge in [-0.15, -0.1) is 0 Å². The summed E-state index contributed by atoms with van der Waals surface area (Å²) in [5.41, 5.74) is -0.242. The van der Waals surface area contributed by atoms with Crippen LogP contribution in [0.1, 0.15) is 16.8 Å². The molecular formula is C26H23ClF4N4O3. The molecule has 0 saturated carbocycles. The van der Waals surface area contributed by atoms with Crippen molar-refractivity contribution in [2.45, 2.75) is 24.5 Å². The third-order valence-corrected chi connectivity index (χ3v) is 6.18. The molecule has 0 bridgehead atoms. The third-order valence-electron chi connectivity index (χ3n) is 5.96. The number of carbonyl (C=O) groups excluding carboxylic acids is 2. The van der Waals surface area contributed by atoms with E-state index in [-0.39, 0.29) is 37.5 Å². The summed E-state index contributed by atoms with van der Waals surface area (Å²) >= 11 is 6.06. The van der Waals surface area contributed by atoms with Crippen molar-refractivity contribution in [2.75, 3.05) is 19.6 Å². The summed E-state index contributed by atoms with van der Waals surface area (Å²) in [4.78, 5) is 31.2. The van der Waals surface area contributed by atoms with E-state index in [2.05, 4.69) is 20.4 Å². The first-order chi connectivity index (χ1) is 18.1. The van der Waals surface area contributed by atoms with Gasteiger partial charge in [-0.3, -0.25) is 9.78 Å². The number of carbonyl (C=O) groups is 2. The quantitative estimate of drug-likeness (QED) is 0.402. The number of piperazine rings is 1. The highest BCUT2D eigenvalue weighted by molar-refractivity contribution is 6.30. The first-order valence-corrected chi connectivity index (χ1v) is 11.9. The van der Waals surface area contributed by atoms with Crippen LogP contribution < -0.4 is 15.4 Å². The normalized spacial score (nSPS) is 15.5. The number of alkyl halides is 4. The fourth-order valence-electron chi connectivity index (χ4n) is 4.15. The fraction of sp³-hybridized carbons (Fsp3) is 0.269. The molecular weight excluding hydrogens is 528 g/mol. The zero-order valence-electron chi connectivity index (χ0n) is 19.8. The maximum Gasteiger partial charge on any atom is 0.461 e. The van der Waals surface area contributed by atoms with Gasteiger partial charge in [0.15, 0.2) is 0 Å². The lowest BCUT2D eigenvalue weighted by Gasteiger charge is -2.38. The lowest BCUT2D eigenvalue weighted by atomic mass is 9.80. The van der Waals surface area contributed by atoms with Crippen LogP contribution in [0.25, 0.3) is 0 Å². The largest absolute Gasteiger partial charge is 0.461 e. The van der Waals surface area contributed by atoms with Crippen LogP contribution in [-0.4, -0.2) is 54.0 Å². The molecule has 1 saturated heterocycles. The molecule has 1 atom stereocenters. The van der Waals surface area contributed by atoms with Crippen LogP contribution in [0.3, 0.4) is 0 Å². The maximum atomic E-state index is 13.8. The number of benzene rings is 2. The van der Waals surface area contributed by atoms with Crippen LogP contribution in [0.4, 0.5) is 22.4 Å². The molecule has 2 N–H and O–H groups in total. The van der Waals surface area contributed by atoms with E-state index in [0.717, 1.165) is 17.7 Å². The second-order valence-electron chi connectivity index (χ2n) is 8.62. The Balaban J connectivity index is 1.85. The third kappa shape index (κ3) is 6.16. The maximum absolute atomic E-state index is 13.8. The summed E-state index contributed by atoms with van der Waals surface area (Å²) in [6, 6.07) is 16.6. The van der Waals surface area contributed by atoms with Gasteiger partial charge in [-0.1, -0.05) is 54.1 Å². The highest BCUT2D eigenvalue weighted by atomic mass is 35.5. The number of ether oxygens (including phenoxy) is 1. The molecule has 200 valence electrons. The molecule has 2 heterocycles. The number of nitrogens with one attached hydrogen (secondary N) is 2. The van der Waals surface area contributed by atoms with Crippen molar-refractivity contribution in [3.8, 4) is 5.75 Å². The van der Waals surface area contributed by atoms with Crippen LogP contribution >= 0.6 is 11.6 Å². The molecule has 0 unspecified atom stereocenters. The van der Waals surface area contributed by atoms with E-state index in [4.69, 9.17) is 11.6 Å². The standard InChI is InChI=1S/C26H23ClF4N4O3/c27-19-9-10-21(33-15-19)25(14-17-5-2-1-3-6-17,34-24(37)35-12-11-32-22(36)16-35)18-7-4-8-20(13-18)38-26(30,31)23(28)29/h1-10,13,15,23H,11-12,14,16H2,(H,32,36)(H,34,37)/t25-/m0/s1. The molecule has 2 aromatic carbocycles. The Labute approximate surface area is 220 Å². The topological polar surface area (TPSA) is 83.6 Å². The Morgan fingerprint density at radius 2 is 1.89 bits per heavy atom. The number of rotatable bonds is 8. The number of hydrogen-bond acceptors (Lipinski definition) is 4. The molecule has 7 nitrogen and oxygen atoms in total. The van der Waals surface area contributed by atoms with E-state index >= 15 is 0 Å². The van der Waals surface area contributed by atoms with Crippen molar-refractivity contribution in [1.82, 2.24) is 20.5 Å². The summed E-state index contributed by atoms with van der Waals surface area (Å²) < 4.78 is 57.5. The van der Waals surface area contributed by atoms with Crippen molar-refractivity contribution < 1.29 is 31.9 Å². The predicted octanol–water partition coefficient (Wildman–Crippen LogP) is 4.60. The average Bonchev–Trinajstić information content (AvgIpc) is 2.89. The molecule has 1 aliphatic heterocycles. The molecule has 0 aliphatic carbocycles. The van der Waals surface area contributed by atoms with Gasteiger partial charge >= 0.3 is 18.6 Å². The van der Waals surface area contributed by atoms with Crippen LogP contribution in [0.15, 0.2) is 72.9 Å². The first-order valence-electron chi connectivity index (χ1n) is 11.5. The first kappa shape index (κ1) is 27.2. The molecule has 4 rings (SSSR count). The predicted molar refractivity (Wildman–Crippen MR) is 131 cm³/mol. The number of nitrogens with zero attached hydrogens (tertiary/aromatic N) is 2. The lowest BCUT2D eigenvalue weighted by molar-refractivity contribution is -0.253. The van der Waals surface area contributed by atoms with E-state index in [1.54, 1.807) is 42.5 Å². The van der Waals surface area contributed by atoms with Gasteiger partial charge in [0.25, 0.3) is 0 Å². The second-order valence-corrected chi connectivity index (χ2v) is 9.06. The summed E-state index contributed by atoms with van der Waals surface area (Å²) in [7, 11) is 0. The number of aromatic nitrogens is 1. The minimum Gasteiger partial charge on any atom is -0.428 e. The van der Waals surface area contributed by atoms with Gasteiger partial charge < -0.3 is 20.3 Å². The molecule has 3 aromatic rings. The highest BCUT2D eigenvalue weighted by Gasteiger charge is 2.45. The van der Waals surface area contributed by atoms with E-state index in [1.807, 2.05) is 0 Å². The fourth-order valence-corrected chi connectivity index (χ4v) is 4.26. The van der Waals surface area contributed by atoms with Crippen LogP contribution in [0.2, 0.25) is 5.02 Å². The molecule has 0 spiro atoms. The monoisotopic (exact) mass is 550 g/mol. The SMILES string of the molecule is O=C1CN(C(=O)N[C@@](Cc2ccccc2)(c2cccc(OC(F)(F)C(F)F)c2)c2ccc(Cl)cn2)CCN1. The van der Waals surface area contributed by atoms with Crippen molar-refractivity contribution in [3.63, 3.8) is 0 Å². The summed E-state index contributed by atoms with van der Waals surface area (Å²) in [6.07, 6.45) is -7.34. The summed E-state index contributed by atoms with van der Waals surface area (Å²) in [5, 5.41) is 5.90. The Morgan fingerprint density at radius 1 is 1.13 bits per heavy atom. The van der Waals surface area contributed by atoms with Crippen molar-refractivity contribution in [1.29, 1.82) is 0 Å². The number of amides is 3. The van der Waals surface area contributed by atoms with Gasteiger partial charge in [-0.2, -0.15) is 17.6 Å². The molecule has 12 heteroatoms. The van der Waals surface area contributed by atoms with Crippen molar-refractivity contribution in [3.05, 3.63) is 94.8 Å². The van der Waals surface area contributed by atoms with E-state index in [0.29, 0.717) is 10.7 Å². The Bertz CT molecular complexity index is 1280. The van der Waals surface area contributed by atoms with E-state index in [9.17, 15) is 27.2 Å². The minimum atomic E-state index is -4.73. The Kier molecular flexibility index (Phi) is 8.05. The molecule has 38 heavy (non-hydrogen) atoms. The molecule has 1 aliphatic rings. The van der Waals surface area contributed by atoms with Crippen molar-refractivity contribution >= 4 is 23.5 Å². The second kappa shape index (κ2) is 11.3. The molecule has 3 amide bonds. The van der Waals surface area contributed by atoms with Crippen molar-refractivity contribution in [2.24, 2.45) is 0 Å². The zero-order chi connectivity index (χ0) is 27.3. The van der Waals surface area contributed by atoms with Gasteiger partial charge in [-0.05, 0) is 35.4 Å². The number of pyridine rings is 1. The smallest absolute Gasteiger partial charge is 0.428 e. The van der Waals surface area contributed by atoms with Crippen LogP contribution in [0, 0.1) is 0 Å². The Morgan fingerprint density at radius 3 is 2.55 bits per heavy atom. The van der Waals surface area contributed by atoms with E-state index < -0.39 is 29.9 Å². The molecule has 1 aromatic heterocycles. The average molecular weight is 551 g/mol.